The van der Waals surface area contributed by atoms with Crippen LogP contribution in [0.15, 0.2) is 48.7 Å². The van der Waals surface area contributed by atoms with Crippen LogP contribution < -0.4 is 4.90 Å². The highest BCUT2D eigenvalue weighted by molar-refractivity contribution is 5.93. The number of hydrogen-bond acceptors (Lipinski definition) is 5. The first kappa shape index (κ1) is 23.1. The normalized spacial score (nSPS) is 17.0. The Morgan fingerprint density at radius 1 is 0.886 bits per heavy atom. The second kappa shape index (κ2) is 9.90. The van der Waals surface area contributed by atoms with E-state index >= 15 is 0 Å². The molecule has 1 aromatic carbocycles. The third kappa shape index (κ3) is 4.92. The Labute approximate surface area is 205 Å². The van der Waals surface area contributed by atoms with Crippen LogP contribution in [-0.4, -0.2) is 76.1 Å². The maximum Gasteiger partial charge on any atom is 0.271 e. The molecule has 0 spiro atoms. The highest BCUT2D eigenvalue weighted by atomic mass is 16.2. The van der Waals surface area contributed by atoms with Crippen LogP contribution in [0, 0.1) is 19.8 Å². The number of hydrogen-bond donors (Lipinski definition) is 1. The van der Waals surface area contributed by atoms with Gasteiger partial charge in [0.1, 0.15) is 11.4 Å². The fraction of sp³-hybridized carbons (Fsp3) is 0.407. The summed E-state index contributed by atoms with van der Waals surface area (Å²) in [7, 11) is 0. The third-order valence-corrected chi connectivity index (χ3v) is 7.16. The third-order valence-electron chi connectivity index (χ3n) is 7.16. The highest BCUT2D eigenvalue weighted by Crippen LogP contribution is 2.26. The number of aromatic amines is 1. The minimum Gasteiger partial charge on any atom is -0.368 e. The Morgan fingerprint density at radius 3 is 2.37 bits per heavy atom. The van der Waals surface area contributed by atoms with Gasteiger partial charge in [0.25, 0.3) is 5.91 Å². The molecule has 3 aromatic rings. The van der Waals surface area contributed by atoms with Crippen LogP contribution in [-0.2, 0) is 4.79 Å². The van der Waals surface area contributed by atoms with Crippen LogP contribution in [0.3, 0.4) is 0 Å². The van der Waals surface area contributed by atoms with Gasteiger partial charge >= 0.3 is 0 Å². The Bertz CT molecular complexity index is 1190. The van der Waals surface area contributed by atoms with Crippen molar-refractivity contribution in [2.75, 3.05) is 44.2 Å². The second-order valence-electron chi connectivity index (χ2n) is 9.55. The molecule has 2 aliphatic rings. The lowest BCUT2D eigenvalue weighted by molar-refractivity contribution is -0.137. The first-order valence-corrected chi connectivity index (χ1v) is 12.4. The number of benzene rings is 1. The number of aryl methyl sites for hydroxylation is 2. The van der Waals surface area contributed by atoms with Gasteiger partial charge in [0.2, 0.25) is 5.91 Å². The summed E-state index contributed by atoms with van der Waals surface area (Å²) >= 11 is 0. The average Bonchev–Trinajstić information content (AvgIpc) is 3.40. The van der Waals surface area contributed by atoms with E-state index in [1.807, 2.05) is 28.0 Å². The zero-order chi connectivity index (χ0) is 24.4. The zero-order valence-corrected chi connectivity index (χ0v) is 20.4. The lowest BCUT2D eigenvalue weighted by Crippen LogP contribution is -2.52. The summed E-state index contributed by atoms with van der Waals surface area (Å²) in [6, 6.07) is 13.9. The van der Waals surface area contributed by atoms with Crippen molar-refractivity contribution in [3.05, 3.63) is 65.5 Å². The monoisotopic (exact) mass is 472 g/mol. The number of anilines is 1. The molecule has 8 nitrogen and oxygen atoms in total. The molecule has 0 atom stereocenters. The van der Waals surface area contributed by atoms with Gasteiger partial charge in [-0.2, -0.15) is 5.10 Å². The summed E-state index contributed by atoms with van der Waals surface area (Å²) in [6.07, 6.45) is 3.10. The van der Waals surface area contributed by atoms with Crippen molar-refractivity contribution in [1.29, 1.82) is 0 Å². The van der Waals surface area contributed by atoms with E-state index in [4.69, 9.17) is 0 Å². The van der Waals surface area contributed by atoms with Gasteiger partial charge < -0.3 is 14.7 Å². The summed E-state index contributed by atoms with van der Waals surface area (Å²) in [5.74, 6) is 0.140. The largest absolute Gasteiger partial charge is 0.368 e. The molecule has 182 valence electrons. The molecule has 2 fully saturated rings. The van der Waals surface area contributed by atoms with Crippen molar-refractivity contribution in [2.24, 2.45) is 5.92 Å². The number of piperazine rings is 1. The summed E-state index contributed by atoms with van der Waals surface area (Å²) in [6.45, 7) is 8.62. The lowest BCUT2D eigenvalue weighted by Gasteiger charge is -2.39. The predicted octanol–water partition coefficient (Wildman–Crippen LogP) is 3.29. The number of piperidine rings is 1. The van der Waals surface area contributed by atoms with E-state index in [0.29, 0.717) is 37.3 Å². The van der Waals surface area contributed by atoms with Gasteiger partial charge in [0.05, 0.1) is 5.69 Å². The van der Waals surface area contributed by atoms with Gasteiger partial charge in [-0.05, 0) is 62.1 Å². The highest BCUT2D eigenvalue weighted by Gasteiger charge is 2.32. The molecular weight excluding hydrogens is 440 g/mol. The lowest BCUT2D eigenvalue weighted by atomic mass is 9.94. The van der Waals surface area contributed by atoms with Gasteiger partial charge in [-0.1, -0.05) is 18.2 Å². The minimum atomic E-state index is -0.0762. The van der Waals surface area contributed by atoms with Gasteiger partial charge in [0, 0.05) is 57.1 Å². The number of amides is 2. The summed E-state index contributed by atoms with van der Waals surface area (Å²) in [5, 5.41) is 7.10. The van der Waals surface area contributed by atoms with Crippen molar-refractivity contribution in [1.82, 2.24) is 25.0 Å². The Balaban J connectivity index is 1.13. The molecule has 0 saturated carbocycles. The van der Waals surface area contributed by atoms with E-state index in [1.54, 1.807) is 12.3 Å². The molecule has 2 aromatic heterocycles. The summed E-state index contributed by atoms with van der Waals surface area (Å²) < 4.78 is 0. The molecule has 35 heavy (non-hydrogen) atoms. The summed E-state index contributed by atoms with van der Waals surface area (Å²) in [4.78, 5) is 36.7. The minimum absolute atomic E-state index is 0.0165. The fourth-order valence-electron chi connectivity index (χ4n) is 5.06. The Kier molecular flexibility index (Phi) is 6.53. The number of rotatable bonds is 4. The molecule has 5 rings (SSSR count). The van der Waals surface area contributed by atoms with Crippen LogP contribution in [0.25, 0.3) is 11.4 Å². The molecule has 4 heterocycles. The molecule has 0 bridgehead atoms. The van der Waals surface area contributed by atoms with Gasteiger partial charge in [-0.15, -0.1) is 0 Å². The molecule has 2 aliphatic heterocycles. The van der Waals surface area contributed by atoms with Crippen molar-refractivity contribution in [2.45, 2.75) is 26.7 Å². The van der Waals surface area contributed by atoms with Crippen molar-refractivity contribution >= 4 is 17.5 Å². The molecule has 8 heteroatoms. The van der Waals surface area contributed by atoms with Crippen LogP contribution in [0.4, 0.5) is 5.69 Å². The molecule has 1 N–H and O–H groups in total. The average molecular weight is 473 g/mol. The van der Waals surface area contributed by atoms with Crippen LogP contribution in [0.1, 0.15) is 34.5 Å². The Hall–Kier alpha value is -3.68. The van der Waals surface area contributed by atoms with E-state index in [-0.39, 0.29) is 17.7 Å². The van der Waals surface area contributed by atoms with E-state index < -0.39 is 0 Å². The van der Waals surface area contributed by atoms with Crippen molar-refractivity contribution in [3.8, 4) is 11.4 Å². The molecular formula is C27H32N6O2. The number of carbonyl (C=O) groups excluding carboxylic acids is 2. The molecule has 0 aliphatic carbocycles. The number of aromatic nitrogens is 3. The SMILES string of the molecule is Cc1ccc(C)c(N2CCN(C(=O)C3CCN(C(=O)c4cc(-c5ccccn5)n[nH]4)CC3)CC2)c1. The quantitative estimate of drug-likeness (QED) is 0.630. The Morgan fingerprint density at radius 2 is 1.66 bits per heavy atom. The summed E-state index contributed by atoms with van der Waals surface area (Å²) in [5.41, 5.74) is 5.64. The molecule has 0 radical (unpaired) electrons. The molecule has 0 unspecified atom stereocenters. The zero-order valence-electron chi connectivity index (χ0n) is 20.4. The van der Waals surface area contributed by atoms with E-state index in [1.165, 1.54) is 16.8 Å². The van der Waals surface area contributed by atoms with E-state index in [9.17, 15) is 9.59 Å². The van der Waals surface area contributed by atoms with Crippen molar-refractivity contribution < 1.29 is 9.59 Å². The number of likely N-dealkylation sites (tertiary alicyclic amines) is 1. The van der Waals surface area contributed by atoms with Crippen LogP contribution >= 0.6 is 0 Å². The maximum absolute atomic E-state index is 13.2. The molecule has 2 amide bonds. The molecule has 2 saturated heterocycles. The van der Waals surface area contributed by atoms with Crippen LogP contribution in [0.5, 0.6) is 0 Å². The van der Waals surface area contributed by atoms with Gasteiger partial charge in [-0.25, -0.2) is 0 Å². The number of H-pyrrole nitrogens is 1. The van der Waals surface area contributed by atoms with Crippen LogP contribution in [0.2, 0.25) is 0 Å². The topological polar surface area (TPSA) is 85.4 Å². The van der Waals surface area contributed by atoms with E-state index in [2.05, 4.69) is 52.1 Å². The maximum atomic E-state index is 13.2. The number of nitrogens with one attached hydrogen (secondary N) is 1. The fourth-order valence-corrected chi connectivity index (χ4v) is 5.06. The second-order valence-corrected chi connectivity index (χ2v) is 9.55. The van der Waals surface area contributed by atoms with E-state index in [0.717, 1.165) is 31.9 Å². The first-order chi connectivity index (χ1) is 17.0. The number of carbonyl (C=O) groups is 2. The van der Waals surface area contributed by atoms with Crippen molar-refractivity contribution in [3.63, 3.8) is 0 Å². The smallest absolute Gasteiger partial charge is 0.271 e. The van der Waals surface area contributed by atoms with Gasteiger partial charge in [0.15, 0.2) is 0 Å². The standard InChI is InChI=1S/C27H32N6O2/c1-19-6-7-20(2)25(17-19)31-13-15-33(16-14-31)26(34)21-8-11-32(12-9-21)27(35)24-18-23(29-30-24)22-5-3-4-10-28-22/h3-7,10,17-18,21H,8-9,11-16H2,1-2H3,(H,29,30). The number of pyridine rings is 1. The van der Waals surface area contributed by atoms with Gasteiger partial charge in [-0.3, -0.25) is 19.7 Å². The first-order valence-electron chi connectivity index (χ1n) is 12.4. The number of nitrogens with zero attached hydrogens (tertiary/aromatic N) is 5. The predicted molar refractivity (Wildman–Crippen MR) is 135 cm³/mol.